The SMILES string of the molecule is CCCCC/C=C\CCCCCCCC(=O)NC(COP(=O)([O-])OCC[N+](C)(C)C)C(O)CCCCCCCCCCCCCCCCCCCCCCCCCCCC. The molecular weight excluding hydrogens is 768 g/mol. The summed E-state index contributed by atoms with van der Waals surface area (Å²) in [6, 6.07) is -0.801. The first-order valence-electron chi connectivity index (χ1n) is 26.0. The van der Waals surface area contributed by atoms with E-state index in [1.54, 1.807) is 0 Å². The van der Waals surface area contributed by atoms with Crippen molar-refractivity contribution in [3.8, 4) is 0 Å². The van der Waals surface area contributed by atoms with Crippen LogP contribution in [0.5, 0.6) is 0 Å². The van der Waals surface area contributed by atoms with Gasteiger partial charge in [0.15, 0.2) is 0 Å². The van der Waals surface area contributed by atoms with E-state index in [9.17, 15) is 19.4 Å². The van der Waals surface area contributed by atoms with Crippen LogP contribution in [-0.4, -0.2) is 68.5 Å². The number of carbonyl (C=O) groups is 1. The summed E-state index contributed by atoms with van der Waals surface area (Å²) in [5.41, 5.74) is 0. The molecule has 60 heavy (non-hydrogen) atoms. The number of nitrogens with one attached hydrogen (secondary N) is 1. The van der Waals surface area contributed by atoms with Crippen LogP contribution in [0.25, 0.3) is 0 Å². The molecule has 0 saturated heterocycles. The summed E-state index contributed by atoms with van der Waals surface area (Å²) in [4.78, 5) is 25.4. The number of aliphatic hydroxyl groups excluding tert-OH is 1. The first-order chi connectivity index (χ1) is 29.0. The van der Waals surface area contributed by atoms with Crippen molar-refractivity contribution in [3.63, 3.8) is 0 Å². The number of nitrogens with zero attached hydrogens (tertiary/aromatic N) is 1. The minimum Gasteiger partial charge on any atom is -0.756 e. The van der Waals surface area contributed by atoms with Crippen molar-refractivity contribution < 1.29 is 32.9 Å². The highest BCUT2D eigenvalue weighted by Gasteiger charge is 2.24. The smallest absolute Gasteiger partial charge is 0.268 e. The van der Waals surface area contributed by atoms with E-state index in [0.717, 1.165) is 51.4 Å². The molecule has 0 aromatic heterocycles. The summed E-state index contributed by atoms with van der Waals surface area (Å²) in [5.74, 6) is -0.172. The zero-order chi connectivity index (χ0) is 44.3. The van der Waals surface area contributed by atoms with Gasteiger partial charge in [-0.15, -0.1) is 0 Å². The van der Waals surface area contributed by atoms with Gasteiger partial charge in [0, 0.05) is 6.42 Å². The molecule has 0 aliphatic rings. The molecule has 3 atom stereocenters. The molecule has 3 unspecified atom stereocenters. The van der Waals surface area contributed by atoms with Gasteiger partial charge < -0.3 is 28.8 Å². The van der Waals surface area contributed by atoms with E-state index in [-0.39, 0.29) is 19.1 Å². The van der Waals surface area contributed by atoms with Crippen LogP contribution in [0.4, 0.5) is 0 Å². The van der Waals surface area contributed by atoms with Crippen molar-refractivity contribution in [2.75, 3.05) is 40.9 Å². The second-order valence-corrected chi connectivity index (χ2v) is 20.6. The lowest BCUT2D eigenvalue weighted by atomic mass is 10.0. The normalized spacial score (nSPS) is 14.2. The molecule has 0 rings (SSSR count). The number of aliphatic hydroxyl groups is 1. The van der Waals surface area contributed by atoms with Crippen LogP contribution in [0.15, 0.2) is 12.2 Å². The van der Waals surface area contributed by atoms with E-state index in [4.69, 9.17) is 9.05 Å². The number of likely N-dealkylation sites (N-methyl/N-ethyl adjacent to an activating group) is 1. The molecule has 2 N–H and O–H groups in total. The van der Waals surface area contributed by atoms with Crippen molar-refractivity contribution in [2.24, 2.45) is 0 Å². The van der Waals surface area contributed by atoms with Gasteiger partial charge in [0.1, 0.15) is 13.2 Å². The molecule has 0 aromatic rings. The van der Waals surface area contributed by atoms with Crippen LogP contribution < -0.4 is 10.2 Å². The van der Waals surface area contributed by atoms with E-state index in [1.807, 2.05) is 21.1 Å². The Hall–Kier alpha value is -0.760. The third kappa shape index (κ3) is 45.3. The summed E-state index contributed by atoms with van der Waals surface area (Å²) in [5, 5.41) is 14.0. The Morgan fingerprint density at radius 1 is 0.567 bits per heavy atom. The topological polar surface area (TPSA) is 108 Å². The van der Waals surface area contributed by atoms with Gasteiger partial charge >= 0.3 is 0 Å². The minimum atomic E-state index is -4.56. The van der Waals surface area contributed by atoms with E-state index >= 15 is 0 Å². The number of hydrogen-bond acceptors (Lipinski definition) is 6. The lowest BCUT2D eigenvalue weighted by molar-refractivity contribution is -0.870. The largest absolute Gasteiger partial charge is 0.756 e. The van der Waals surface area contributed by atoms with Crippen molar-refractivity contribution >= 4 is 13.7 Å². The highest BCUT2D eigenvalue weighted by atomic mass is 31.2. The van der Waals surface area contributed by atoms with Crippen molar-refractivity contribution in [3.05, 3.63) is 12.2 Å². The Labute approximate surface area is 373 Å². The van der Waals surface area contributed by atoms with E-state index in [2.05, 4.69) is 31.3 Å². The number of amides is 1. The fourth-order valence-electron chi connectivity index (χ4n) is 7.86. The Balaban J connectivity index is 4.11. The van der Waals surface area contributed by atoms with Gasteiger partial charge in [-0.25, -0.2) is 0 Å². The predicted molar refractivity (Wildman–Crippen MR) is 256 cm³/mol. The number of phosphoric ester groups is 1. The quantitative estimate of drug-likeness (QED) is 0.0273. The fraction of sp³-hybridized carbons (Fsp3) is 0.941. The lowest BCUT2D eigenvalue weighted by Crippen LogP contribution is -2.46. The molecular formula is C51H103N2O6P. The average molecular weight is 871 g/mol. The van der Waals surface area contributed by atoms with Crippen LogP contribution in [-0.2, 0) is 18.4 Å². The predicted octanol–water partition coefficient (Wildman–Crippen LogP) is 14.5. The molecule has 0 bridgehead atoms. The number of quaternary nitrogens is 1. The number of unbranched alkanes of at least 4 members (excludes halogenated alkanes) is 33. The highest BCUT2D eigenvalue weighted by molar-refractivity contribution is 7.45. The molecule has 358 valence electrons. The molecule has 9 heteroatoms. The first-order valence-corrected chi connectivity index (χ1v) is 27.5. The summed E-state index contributed by atoms with van der Waals surface area (Å²) < 4.78 is 23.3. The molecule has 0 saturated carbocycles. The summed E-state index contributed by atoms with van der Waals surface area (Å²) in [6.45, 7) is 4.71. The lowest BCUT2D eigenvalue weighted by Gasteiger charge is -2.30. The number of phosphoric acid groups is 1. The zero-order valence-corrected chi connectivity index (χ0v) is 41.6. The minimum absolute atomic E-state index is 0.0126. The van der Waals surface area contributed by atoms with Gasteiger partial charge in [0.25, 0.3) is 7.82 Å². The van der Waals surface area contributed by atoms with Crippen molar-refractivity contribution in [1.82, 2.24) is 5.32 Å². The Morgan fingerprint density at radius 2 is 0.917 bits per heavy atom. The highest BCUT2D eigenvalue weighted by Crippen LogP contribution is 2.38. The maximum Gasteiger partial charge on any atom is 0.268 e. The Kier molecular flexibility index (Phi) is 42.9. The van der Waals surface area contributed by atoms with Gasteiger partial charge in [0.2, 0.25) is 5.91 Å². The summed E-state index contributed by atoms with van der Waals surface area (Å²) >= 11 is 0. The van der Waals surface area contributed by atoms with E-state index in [0.29, 0.717) is 23.9 Å². The average Bonchev–Trinajstić information content (AvgIpc) is 3.20. The molecule has 0 radical (unpaired) electrons. The standard InChI is InChI=1S/C51H103N2O6P/c1-6-8-10-12-14-16-18-20-21-22-23-24-25-26-27-28-29-30-31-32-33-34-36-38-40-42-44-50(54)49(48-59-60(56,57)58-47-46-53(3,4)5)52-51(55)45-43-41-39-37-35-19-17-15-13-11-9-7-2/h15,17,49-50,54H,6-14,16,18-48H2,1-5H3,(H-,52,55,56,57)/b17-15-. The van der Waals surface area contributed by atoms with Crippen LogP contribution in [0.2, 0.25) is 0 Å². The van der Waals surface area contributed by atoms with Crippen molar-refractivity contribution in [1.29, 1.82) is 0 Å². The zero-order valence-electron chi connectivity index (χ0n) is 40.7. The van der Waals surface area contributed by atoms with Gasteiger partial charge in [-0.1, -0.05) is 225 Å². The fourth-order valence-corrected chi connectivity index (χ4v) is 8.58. The monoisotopic (exact) mass is 871 g/mol. The number of carbonyl (C=O) groups excluding carboxylic acids is 1. The van der Waals surface area contributed by atoms with E-state index < -0.39 is 20.0 Å². The van der Waals surface area contributed by atoms with Crippen LogP contribution in [0, 0.1) is 0 Å². The Morgan fingerprint density at radius 3 is 1.33 bits per heavy atom. The molecule has 0 spiro atoms. The maximum absolute atomic E-state index is 12.9. The van der Waals surface area contributed by atoms with Gasteiger partial charge in [-0.3, -0.25) is 9.36 Å². The second-order valence-electron chi connectivity index (χ2n) is 19.2. The molecule has 0 fully saturated rings. The van der Waals surface area contributed by atoms with Crippen LogP contribution in [0.1, 0.15) is 258 Å². The van der Waals surface area contributed by atoms with Gasteiger partial charge in [-0.05, 0) is 38.5 Å². The van der Waals surface area contributed by atoms with Crippen LogP contribution in [0.3, 0.4) is 0 Å². The molecule has 0 heterocycles. The first kappa shape index (κ1) is 59.2. The molecule has 0 aliphatic carbocycles. The number of allylic oxidation sites excluding steroid dienone is 2. The number of rotatable bonds is 48. The maximum atomic E-state index is 12.9. The molecule has 1 amide bonds. The molecule has 0 aliphatic heterocycles. The Bertz CT molecular complexity index is 989. The van der Waals surface area contributed by atoms with Crippen molar-refractivity contribution in [2.45, 2.75) is 270 Å². The number of hydrogen-bond donors (Lipinski definition) is 2. The third-order valence-electron chi connectivity index (χ3n) is 12.0. The van der Waals surface area contributed by atoms with Crippen LogP contribution >= 0.6 is 7.82 Å². The van der Waals surface area contributed by atoms with Gasteiger partial charge in [-0.2, -0.15) is 0 Å². The summed E-state index contributed by atoms with van der Waals surface area (Å²) in [6.07, 6.45) is 51.0. The summed E-state index contributed by atoms with van der Waals surface area (Å²) in [7, 11) is 1.31. The molecule has 8 nitrogen and oxygen atoms in total. The van der Waals surface area contributed by atoms with Gasteiger partial charge in [0.05, 0.1) is 39.9 Å². The second kappa shape index (κ2) is 43.5. The van der Waals surface area contributed by atoms with E-state index in [1.165, 1.54) is 180 Å². The molecule has 0 aromatic carbocycles. The third-order valence-corrected chi connectivity index (χ3v) is 13.0.